The van der Waals surface area contributed by atoms with Crippen LogP contribution in [0.15, 0.2) is 18.2 Å². The second-order valence-corrected chi connectivity index (χ2v) is 2.91. The summed E-state index contributed by atoms with van der Waals surface area (Å²) in [5.41, 5.74) is 1.75. The number of benzene rings is 1. The van der Waals surface area contributed by atoms with Gasteiger partial charge in [0.15, 0.2) is 0 Å². The van der Waals surface area contributed by atoms with Crippen LogP contribution in [0, 0.1) is 6.92 Å². The summed E-state index contributed by atoms with van der Waals surface area (Å²) in [5.74, 6) is -0.381. The fourth-order valence-electron chi connectivity index (χ4n) is 1.14. The first-order valence-corrected chi connectivity index (χ1v) is 4.42. The molecule has 0 fully saturated rings. The Morgan fingerprint density at radius 3 is 2.79 bits per heavy atom. The van der Waals surface area contributed by atoms with Crippen molar-refractivity contribution in [2.75, 3.05) is 6.61 Å². The second kappa shape index (κ2) is 4.56. The molecule has 3 heteroatoms. The van der Waals surface area contributed by atoms with Crippen molar-refractivity contribution in [2.45, 2.75) is 13.8 Å². The van der Waals surface area contributed by atoms with Crippen LogP contribution in [-0.2, 0) is 4.74 Å². The molecular formula is C11H12O3. The van der Waals surface area contributed by atoms with Gasteiger partial charge in [-0.25, -0.2) is 4.79 Å². The number of carbonyl (C=O) groups excluding carboxylic acids is 2. The smallest absolute Gasteiger partial charge is 0.338 e. The van der Waals surface area contributed by atoms with E-state index >= 15 is 0 Å². The van der Waals surface area contributed by atoms with E-state index < -0.39 is 0 Å². The normalized spacial score (nSPS) is 9.57. The number of esters is 1. The van der Waals surface area contributed by atoms with Gasteiger partial charge in [0, 0.05) is 5.56 Å². The van der Waals surface area contributed by atoms with Gasteiger partial charge in [-0.2, -0.15) is 0 Å². The van der Waals surface area contributed by atoms with E-state index in [1.165, 1.54) is 0 Å². The number of carbonyl (C=O) groups is 2. The summed E-state index contributed by atoms with van der Waals surface area (Å²) in [6.07, 6.45) is 0.710. The molecule has 0 aromatic heterocycles. The average Bonchev–Trinajstić information content (AvgIpc) is 2.19. The quantitative estimate of drug-likeness (QED) is 0.543. The molecule has 14 heavy (non-hydrogen) atoms. The van der Waals surface area contributed by atoms with Crippen LogP contribution in [-0.4, -0.2) is 18.9 Å². The molecule has 0 saturated heterocycles. The zero-order chi connectivity index (χ0) is 10.6. The molecule has 0 aliphatic carbocycles. The summed E-state index contributed by atoms with van der Waals surface area (Å²) in [6.45, 7) is 3.89. The van der Waals surface area contributed by atoms with Crippen molar-refractivity contribution >= 4 is 12.3 Å². The van der Waals surface area contributed by atoms with E-state index in [9.17, 15) is 9.59 Å². The van der Waals surface area contributed by atoms with E-state index in [1.54, 1.807) is 32.0 Å². The van der Waals surface area contributed by atoms with Gasteiger partial charge in [-0.1, -0.05) is 12.1 Å². The summed E-state index contributed by atoms with van der Waals surface area (Å²) in [5, 5.41) is 0. The van der Waals surface area contributed by atoms with Crippen molar-refractivity contribution in [1.82, 2.24) is 0 Å². The summed E-state index contributed by atoms with van der Waals surface area (Å²) in [4.78, 5) is 21.9. The summed E-state index contributed by atoms with van der Waals surface area (Å²) >= 11 is 0. The summed E-state index contributed by atoms with van der Waals surface area (Å²) < 4.78 is 4.85. The minimum atomic E-state index is -0.381. The van der Waals surface area contributed by atoms with Crippen molar-refractivity contribution in [1.29, 1.82) is 0 Å². The van der Waals surface area contributed by atoms with Crippen molar-refractivity contribution in [3.63, 3.8) is 0 Å². The maximum absolute atomic E-state index is 11.4. The Morgan fingerprint density at radius 1 is 1.50 bits per heavy atom. The number of aryl methyl sites for hydroxylation is 1. The van der Waals surface area contributed by atoms with Crippen LogP contribution in [0.4, 0.5) is 0 Å². The van der Waals surface area contributed by atoms with Crippen molar-refractivity contribution < 1.29 is 14.3 Å². The molecule has 0 radical (unpaired) electrons. The third-order valence-corrected chi connectivity index (χ3v) is 1.89. The molecule has 0 spiro atoms. The Bertz CT molecular complexity index is 356. The van der Waals surface area contributed by atoms with Gasteiger partial charge in [0.05, 0.1) is 12.2 Å². The Morgan fingerprint density at radius 2 is 2.21 bits per heavy atom. The Labute approximate surface area is 82.7 Å². The van der Waals surface area contributed by atoms with E-state index in [0.29, 0.717) is 24.0 Å². The SMILES string of the molecule is CCOC(=O)c1cc(C=O)ccc1C. The van der Waals surface area contributed by atoms with Gasteiger partial charge < -0.3 is 4.74 Å². The number of hydrogen-bond donors (Lipinski definition) is 0. The average molecular weight is 192 g/mol. The van der Waals surface area contributed by atoms with Gasteiger partial charge in [-0.15, -0.1) is 0 Å². The summed E-state index contributed by atoms with van der Waals surface area (Å²) in [6, 6.07) is 4.95. The fourth-order valence-corrected chi connectivity index (χ4v) is 1.14. The highest BCUT2D eigenvalue weighted by Gasteiger charge is 2.09. The molecule has 0 aliphatic heterocycles. The van der Waals surface area contributed by atoms with Crippen LogP contribution in [0.25, 0.3) is 0 Å². The number of rotatable bonds is 3. The topological polar surface area (TPSA) is 43.4 Å². The molecule has 1 aromatic rings. The molecule has 0 bridgehead atoms. The lowest BCUT2D eigenvalue weighted by Crippen LogP contribution is -2.07. The van der Waals surface area contributed by atoms with Crippen LogP contribution in [0.1, 0.15) is 33.2 Å². The van der Waals surface area contributed by atoms with Gasteiger partial charge in [0.1, 0.15) is 6.29 Å². The maximum atomic E-state index is 11.4. The van der Waals surface area contributed by atoms with Gasteiger partial charge >= 0.3 is 5.97 Å². The van der Waals surface area contributed by atoms with E-state index in [4.69, 9.17) is 4.74 Å². The van der Waals surface area contributed by atoms with Crippen molar-refractivity contribution in [2.24, 2.45) is 0 Å². The van der Waals surface area contributed by atoms with Gasteiger partial charge in [-0.3, -0.25) is 4.79 Å². The fraction of sp³-hybridized carbons (Fsp3) is 0.273. The maximum Gasteiger partial charge on any atom is 0.338 e. The van der Waals surface area contributed by atoms with Crippen LogP contribution in [0.3, 0.4) is 0 Å². The summed E-state index contributed by atoms with van der Waals surface area (Å²) in [7, 11) is 0. The van der Waals surface area contributed by atoms with E-state index in [1.807, 2.05) is 0 Å². The zero-order valence-electron chi connectivity index (χ0n) is 8.24. The highest BCUT2D eigenvalue weighted by molar-refractivity contribution is 5.93. The number of aldehydes is 1. The van der Waals surface area contributed by atoms with E-state index in [-0.39, 0.29) is 5.97 Å². The predicted octanol–water partition coefficient (Wildman–Crippen LogP) is 1.98. The molecule has 0 unspecified atom stereocenters. The van der Waals surface area contributed by atoms with Crippen molar-refractivity contribution in [3.05, 3.63) is 34.9 Å². The Kier molecular flexibility index (Phi) is 3.40. The second-order valence-electron chi connectivity index (χ2n) is 2.91. The highest BCUT2D eigenvalue weighted by atomic mass is 16.5. The lowest BCUT2D eigenvalue weighted by atomic mass is 10.1. The molecule has 0 heterocycles. The molecule has 74 valence electrons. The standard InChI is InChI=1S/C11H12O3/c1-3-14-11(13)10-6-9(7-12)5-4-8(10)2/h4-7H,3H2,1-2H3. The zero-order valence-corrected chi connectivity index (χ0v) is 8.24. The minimum Gasteiger partial charge on any atom is -0.462 e. The monoisotopic (exact) mass is 192 g/mol. The lowest BCUT2D eigenvalue weighted by molar-refractivity contribution is 0.0525. The first kappa shape index (κ1) is 10.4. The van der Waals surface area contributed by atoms with E-state index in [2.05, 4.69) is 0 Å². The van der Waals surface area contributed by atoms with Gasteiger partial charge in [0.25, 0.3) is 0 Å². The molecule has 0 N–H and O–H groups in total. The number of hydrogen-bond acceptors (Lipinski definition) is 3. The third-order valence-electron chi connectivity index (χ3n) is 1.89. The van der Waals surface area contributed by atoms with Gasteiger partial charge in [-0.05, 0) is 25.5 Å². The molecule has 0 saturated carbocycles. The highest BCUT2D eigenvalue weighted by Crippen LogP contribution is 2.11. The van der Waals surface area contributed by atoms with Crippen LogP contribution in [0.2, 0.25) is 0 Å². The molecule has 1 aromatic carbocycles. The predicted molar refractivity (Wildman–Crippen MR) is 52.5 cm³/mol. The van der Waals surface area contributed by atoms with Gasteiger partial charge in [0.2, 0.25) is 0 Å². The molecule has 1 rings (SSSR count). The molecule has 0 amide bonds. The molecule has 0 atom stereocenters. The Hall–Kier alpha value is -1.64. The lowest BCUT2D eigenvalue weighted by Gasteiger charge is -2.05. The van der Waals surface area contributed by atoms with Crippen LogP contribution < -0.4 is 0 Å². The molecule has 0 aliphatic rings. The van der Waals surface area contributed by atoms with E-state index in [0.717, 1.165) is 5.56 Å². The first-order chi connectivity index (χ1) is 6.69. The first-order valence-electron chi connectivity index (χ1n) is 4.42. The largest absolute Gasteiger partial charge is 0.462 e. The van der Waals surface area contributed by atoms with Crippen LogP contribution in [0.5, 0.6) is 0 Å². The molecular weight excluding hydrogens is 180 g/mol. The minimum absolute atomic E-state index is 0.337. The molecule has 3 nitrogen and oxygen atoms in total. The van der Waals surface area contributed by atoms with Crippen molar-refractivity contribution in [3.8, 4) is 0 Å². The third kappa shape index (κ3) is 2.19. The van der Waals surface area contributed by atoms with Crippen LogP contribution >= 0.6 is 0 Å². The Balaban J connectivity index is 3.05. The number of ether oxygens (including phenoxy) is 1.